The highest BCUT2D eigenvalue weighted by molar-refractivity contribution is 7.88. The third-order valence-electron chi connectivity index (χ3n) is 5.94. The minimum atomic E-state index is -3.17. The van der Waals surface area contributed by atoms with E-state index in [9.17, 15) is 13.2 Å². The fourth-order valence-corrected chi connectivity index (χ4v) is 5.16. The van der Waals surface area contributed by atoms with Gasteiger partial charge >= 0.3 is 0 Å². The van der Waals surface area contributed by atoms with Gasteiger partial charge in [0, 0.05) is 51.5 Å². The average Bonchev–Trinajstić information content (AvgIpc) is 3.23. The Morgan fingerprint density at radius 2 is 1.90 bits per heavy atom. The van der Waals surface area contributed by atoms with E-state index in [-0.39, 0.29) is 11.9 Å². The predicted molar refractivity (Wildman–Crippen MR) is 115 cm³/mol. The van der Waals surface area contributed by atoms with E-state index in [0.717, 1.165) is 43.8 Å². The lowest BCUT2D eigenvalue weighted by molar-refractivity contribution is -0.120. The summed E-state index contributed by atoms with van der Waals surface area (Å²) in [6, 6.07) is 8.03. The van der Waals surface area contributed by atoms with Crippen molar-refractivity contribution >= 4 is 15.9 Å². The van der Waals surface area contributed by atoms with Crippen molar-refractivity contribution in [3.63, 3.8) is 0 Å². The Kier molecular flexibility index (Phi) is 8.10. The molecule has 1 N–H and O–H groups in total. The Morgan fingerprint density at radius 1 is 1.20 bits per heavy atom. The maximum absolute atomic E-state index is 12.4. The topological polar surface area (TPSA) is 88.2 Å². The largest absolute Gasteiger partial charge is 0.497 e. The van der Waals surface area contributed by atoms with Crippen LogP contribution < -0.4 is 10.1 Å². The molecular weight excluding hydrogens is 406 g/mol. The molecule has 2 aliphatic heterocycles. The van der Waals surface area contributed by atoms with Crippen LogP contribution in [0.25, 0.3) is 0 Å². The molecule has 0 spiro atoms. The first kappa shape index (κ1) is 23.0. The summed E-state index contributed by atoms with van der Waals surface area (Å²) in [5.41, 5.74) is 0.939. The Hall–Kier alpha value is -1.68. The van der Waals surface area contributed by atoms with Crippen molar-refractivity contribution in [2.45, 2.75) is 37.8 Å². The van der Waals surface area contributed by atoms with Gasteiger partial charge in [0.2, 0.25) is 15.9 Å². The zero-order valence-electron chi connectivity index (χ0n) is 17.9. The number of methoxy groups -OCH3 is 1. The molecule has 0 bridgehead atoms. The number of ether oxygens (including phenoxy) is 2. The first-order valence-electron chi connectivity index (χ1n) is 10.5. The van der Waals surface area contributed by atoms with Gasteiger partial charge in [-0.05, 0) is 37.0 Å². The molecule has 2 fully saturated rings. The van der Waals surface area contributed by atoms with Crippen molar-refractivity contribution in [2.24, 2.45) is 0 Å². The molecule has 1 aromatic rings. The molecule has 2 heterocycles. The molecule has 1 atom stereocenters. The fourth-order valence-electron chi connectivity index (χ4n) is 4.28. The Bertz CT molecular complexity index is 793. The molecule has 2 saturated heterocycles. The Labute approximate surface area is 179 Å². The molecule has 8 nitrogen and oxygen atoms in total. The van der Waals surface area contributed by atoms with E-state index in [1.54, 1.807) is 11.4 Å². The fraction of sp³-hybridized carbons (Fsp3) is 0.667. The van der Waals surface area contributed by atoms with E-state index in [1.807, 2.05) is 24.3 Å². The van der Waals surface area contributed by atoms with Gasteiger partial charge in [0.15, 0.2) is 0 Å². The summed E-state index contributed by atoms with van der Waals surface area (Å²) in [4.78, 5) is 14.8. The van der Waals surface area contributed by atoms with E-state index in [4.69, 9.17) is 9.47 Å². The van der Waals surface area contributed by atoms with E-state index in [2.05, 4.69) is 10.2 Å². The number of carbonyl (C=O) groups excluding carboxylic acids is 1. The molecule has 9 heteroatoms. The average molecular weight is 440 g/mol. The van der Waals surface area contributed by atoms with E-state index < -0.39 is 10.0 Å². The molecule has 0 radical (unpaired) electrons. The second-order valence-electron chi connectivity index (χ2n) is 8.02. The number of hydrogen-bond donors (Lipinski definition) is 1. The van der Waals surface area contributed by atoms with Gasteiger partial charge in [0.05, 0.1) is 19.8 Å². The van der Waals surface area contributed by atoms with Gasteiger partial charge in [-0.2, -0.15) is 0 Å². The van der Waals surface area contributed by atoms with Gasteiger partial charge in [-0.1, -0.05) is 12.1 Å². The molecule has 1 amide bonds. The monoisotopic (exact) mass is 439 g/mol. The Morgan fingerprint density at radius 3 is 2.50 bits per heavy atom. The number of nitrogens with zero attached hydrogens (tertiary/aromatic N) is 2. The summed E-state index contributed by atoms with van der Waals surface area (Å²) in [6.07, 6.45) is 4.30. The maximum atomic E-state index is 12.4. The lowest BCUT2D eigenvalue weighted by Gasteiger charge is -2.38. The van der Waals surface area contributed by atoms with Crippen molar-refractivity contribution in [1.82, 2.24) is 14.5 Å². The summed E-state index contributed by atoms with van der Waals surface area (Å²) in [5.74, 6) is 0.752. The molecule has 1 aromatic carbocycles. The molecule has 0 aliphatic carbocycles. The van der Waals surface area contributed by atoms with Crippen LogP contribution in [0.5, 0.6) is 5.75 Å². The molecular formula is C21H33N3O5S. The molecule has 2 aliphatic rings. The quantitative estimate of drug-likeness (QED) is 0.614. The van der Waals surface area contributed by atoms with E-state index in [0.29, 0.717) is 38.6 Å². The maximum Gasteiger partial charge on any atom is 0.224 e. The SMILES string of the molecule is COc1ccc(CC(=O)NCCN(C2CCOCC2)C2CCN(S(C)(=O)=O)C2)cc1. The second-order valence-corrected chi connectivity index (χ2v) is 10.0. The second kappa shape index (κ2) is 10.6. The first-order valence-corrected chi connectivity index (χ1v) is 12.4. The number of benzene rings is 1. The normalized spacial score (nSPS) is 21.1. The third kappa shape index (κ3) is 6.41. The van der Waals surface area contributed by atoms with E-state index >= 15 is 0 Å². The minimum Gasteiger partial charge on any atom is -0.497 e. The minimum absolute atomic E-state index is 0.0173. The molecule has 30 heavy (non-hydrogen) atoms. The van der Waals surface area contributed by atoms with Gasteiger partial charge < -0.3 is 14.8 Å². The van der Waals surface area contributed by atoms with Crippen LogP contribution >= 0.6 is 0 Å². The summed E-state index contributed by atoms with van der Waals surface area (Å²) >= 11 is 0. The number of rotatable bonds is 9. The van der Waals surface area contributed by atoms with Crippen LogP contribution in [-0.4, -0.2) is 88.4 Å². The van der Waals surface area contributed by atoms with Crippen molar-refractivity contribution in [3.8, 4) is 5.75 Å². The van der Waals surface area contributed by atoms with Crippen molar-refractivity contribution < 1.29 is 22.7 Å². The van der Waals surface area contributed by atoms with E-state index in [1.165, 1.54) is 6.26 Å². The van der Waals surface area contributed by atoms with Gasteiger partial charge in [-0.3, -0.25) is 9.69 Å². The summed E-state index contributed by atoms with van der Waals surface area (Å²) in [5, 5.41) is 3.02. The van der Waals surface area contributed by atoms with Gasteiger partial charge in [-0.25, -0.2) is 12.7 Å². The number of sulfonamides is 1. The lowest BCUT2D eigenvalue weighted by Crippen LogP contribution is -2.50. The Balaban J connectivity index is 1.53. The zero-order chi connectivity index (χ0) is 21.6. The number of nitrogens with one attached hydrogen (secondary N) is 1. The van der Waals surface area contributed by atoms with Crippen LogP contribution in [-0.2, 0) is 26.0 Å². The standard InChI is InChI=1S/C21H33N3O5S/c1-28-20-5-3-17(4-6-20)15-21(25)22-10-12-24(18-8-13-29-14-9-18)19-7-11-23(16-19)30(2,26)27/h3-6,18-19H,7-16H2,1-2H3,(H,22,25). The highest BCUT2D eigenvalue weighted by atomic mass is 32.2. The third-order valence-corrected chi connectivity index (χ3v) is 7.21. The zero-order valence-corrected chi connectivity index (χ0v) is 18.7. The van der Waals surface area contributed by atoms with Gasteiger partial charge in [-0.15, -0.1) is 0 Å². The van der Waals surface area contributed by atoms with Crippen LogP contribution in [0.1, 0.15) is 24.8 Å². The molecule has 3 rings (SSSR count). The smallest absolute Gasteiger partial charge is 0.224 e. The van der Waals surface area contributed by atoms with Crippen LogP contribution in [0.15, 0.2) is 24.3 Å². The van der Waals surface area contributed by atoms with Gasteiger partial charge in [0.1, 0.15) is 5.75 Å². The highest BCUT2D eigenvalue weighted by Crippen LogP contribution is 2.24. The van der Waals surface area contributed by atoms with Crippen molar-refractivity contribution in [2.75, 3.05) is 52.8 Å². The molecule has 0 saturated carbocycles. The predicted octanol–water partition coefficient (Wildman–Crippen LogP) is 0.869. The van der Waals surface area contributed by atoms with Crippen LogP contribution in [0.4, 0.5) is 0 Å². The molecule has 1 unspecified atom stereocenters. The number of amides is 1. The molecule has 168 valence electrons. The van der Waals surface area contributed by atoms with Crippen molar-refractivity contribution in [3.05, 3.63) is 29.8 Å². The van der Waals surface area contributed by atoms with Gasteiger partial charge in [0.25, 0.3) is 0 Å². The van der Waals surface area contributed by atoms with Crippen LogP contribution in [0, 0.1) is 0 Å². The van der Waals surface area contributed by atoms with Crippen LogP contribution in [0.3, 0.4) is 0 Å². The van der Waals surface area contributed by atoms with Crippen LogP contribution in [0.2, 0.25) is 0 Å². The summed E-state index contributed by atoms with van der Waals surface area (Å²) < 4.78 is 36.0. The number of hydrogen-bond acceptors (Lipinski definition) is 6. The lowest BCUT2D eigenvalue weighted by atomic mass is 10.0. The first-order chi connectivity index (χ1) is 14.4. The molecule has 0 aromatic heterocycles. The number of carbonyl (C=O) groups is 1. The summed E-state index contributed by atoms with van der Waals surface area (Å²) in [6.45, 7) is 3.80. The van der Waals surface area contributed by atoms with Crippen molar-refractivity contribution in [1.29, 1.82) is 0 Å². The summed E-state index contributed by atoms with van der Waals surface area (Å²) in [7, 11) is -1.55. The highest BCUT2D eigenvalue weighted by Gasteiger charge is 2.35.